The van der Waals surface area contributed by atoms with Crippen molar-refractivity contribution in [3.63, 3.8) is 0 Å². The lowest BCUT2D eigenvalue weighted by Crippen LogP contribution is -2.26. The van der Waals surface area contributed by atoms with E-state index in [0.29, 0.717) is 22.4 Å². The molecule has 4 nitrogen and oxygen atoms in total. The summed E-state index contributed by atoms with van der Waals surface area (Å²) in [7, 11) is 0. The third-order valence-corrected chi connectivity index (χ3v) is 2.71. The van der Waals surface area contributed by atoms with Gasteiger partial charge in [0.2, 0.25) is 0 Å². The topological polar surface area (TPSA) is 55.8 Å². The minimum atomic E-state index is -0.998. The van der Waals surface area contributed by atoms with E-state index in [9.17, 15) is 4.79 Å². The molecule has 0 saturated carbocycles. The first-order valence-corrected chi connectivity index (χ1v) is 6.22. The fourth-order valence-electron chi connectivity index (χ4n) is 1.35. The van der Waals surface area contributed by atoms with Crippen molar-refractivity contribution in [3.05, 3.63) is 28.2 Å². The van der Waals surface area contributed by atoms with Gasteiger partial charge in [0, 0.05) is 18.1 Å². The number of rotatable bonds is 7. The molecule has 1 rings (SSSR count). The monoisotopic (exact) mass is 292 g/mol. The second-order valence-electron chi connectivity index (χ2n) is 3.49. The summed E-state index contributed by atoms with van der Waals surface area (Å²) >= 11 is 11.7. The van der Waals surface area contributed by atoms with E-state index in [4.69, 9.17) is 37.8 Å². The van der Waals surface area contributed by atoms with Gasteiger partial charge in [-0.1, -0.05) is 23.2 Å². The fraction of sp³-hybridized carbons (Fsp3) is 0.417. The van der Waals surface area contributed by atoms with Crippen molar-refractivity contribution in [1.29, 1.82) is 0 Å². The highest BCUT2D eigenvalue weighted by Crippen LogP contribution is 2.27. The molecule has 18 heavy (non-hydrogen) atoms. The SMILES string of the molecule is CCOC(CCOc1ccc(Cl)cc1Cl)C(=O)O. The highest BCUT2D eigenvalue weighted by atomic mass is 35.5. The van der Waals surface area contributed by atoms with Crippen LogP contribution in [0.4, 0.5) is 0 Å². The first-order valence-electron chi connectivity index (χ1n) is 5.46. The number of carboxylic acids is 1. The van der Waals surface area contributed by atoms with Gasteiger partial charge < -0.3 is 14.6 Å². The Labute approximate surface area is 115 Å². The molecule has 0 heterocycles. The highest BCUT2D eigenvalue weighted by Gasteiger charge is 2.17. The van der Waals surface area contributed by atoms with E-state index >= 15 is 0 Å². The van der Waals surface area contributed by atoms with Crippen LogP contribution in [0.5, 0.6) is 5.75 Å². The lowest BCUT2D eigenvalue weighted by atomic mass is 10.2. The maximum Gasteiger partial charge on any atom is 0.332 e. The normalized spacial score (nSPS) is 12.2. The van der Waals surface area contributed by atoms with Crippen molar-refractivity contribution in [2.45, 2.75) is 19.4 Å². The van der Waals surface area contributed by atoms with Crippen molar-refractivity contribution >= 4 is 29.2 Å². The van der Waals surface area contributed by atoms with Gasteiger partial charge in [0.05, 0.1) is 11.6 Å². The van der Waals surface area contributed by atoms with Gasteiger partial charge in [-0.25, -0.2) is 4.79 Å². The zero-order valence-electron chi connectivity index (χ0n) is 9.86. The summed E-state index contributed by atoms with van der Waals surface area (Å²) in [5.41, 5.74) is 0. The van der Waals surface area contributed by atoms with E-state index in [0.717, 1.165) is 0 Å². The zero-order chi connectivity index (χ0) is 13.5. The highest BCUT2D eigenvalue weighted by molar-refractivity contribution is 6.35. The summed E-state index contributed by atoms with van der Waals surface area (Å²) in [5.74, 6) is -0.524. The van der Waals surface area contributed by atoms with Crippen LogP contribution in [0.3, 0.4) is 0 Å². The molecule has 0 aliphatic rings. The maximum atomic E-state index is 10.8. The molecule has 0 aliphatic heterocycles. The number of carboxylic acid groups (broad SMARTS) is 1. The molecule has 1 unspecified atom stereocenters. The van der Waals surface area contributed by atoms with E-state index in [1.807, 2.05) is 0 Å². The first-order chi connectivity index (χ1) is 8.54. The van der Waals surface area contributed by atoms with Gasteiger partial charge in [-0.2, -0.15) is 0 Å². The fourth-order valence-corrected chi connectivity index (χ4v) is 1.81. The molecule has 0 aromatic heterocycles. The third-order valence-electron chi connectivity index (χ3n) is 2.17. The summed E-state index contributed by atoms with van der Waals surface area (Å²) in [6, 6.07) is 4.86. The molecule has 100 valence electrons. The molecule has 0 spiro atoms. The summed E-state index contributed by atoms with van der Waals surface area (Å²) in [4.78, 5) is 10.8. The lowest BCUT2D eigenvalue weighted by Gasteiger charge is -2.13. The molecule has 6 heteroatoms. The molecule has 1 atom stereocenters. The lowest BCUT2D eigenvalue weighted by molar-refractivity contribution is -0.150. The van der Waals surface area contributed by atoms with Gasteiger partial charge in [-0.15, -0.1) is 0 Å². The van der Waals surface area contributed by atoms with Crippen LogP contribution in [0.25, 0.3) is 0 Å². The van der Waals surface area contributed by atoms with Crippen molar-refractivity contribution in [3.8, 4) is 5.75 Å². The Morgan fingerprint density at radius 1 is 1.44 bits per heavy atom. The minimum Gasteiger partial charge on any atom is -0.492 e. The van der Waals surface area contributed by atoms with Crippen LogP contribution >= 0.6 is 23.2 Å². The predicted molar refractivity (Wildman–Crippen MR) is 69.6 cm³/mol. The molecule has 1 N–H and O–H groups in total. The Bertz CT molecular complexity index is 409. The van der Waals surface area contributed by atoms with Gasteiger partial charge in [0.25, 0.3) is 0 Å². The van der Waals surface area contributed by atoms with Crippen LogP contribution in [-0.2, 0) is 9.53 Å². The minimum absolute atomic E-state index is 0.207. The van der Waals surface area contributed by atoms with E-state index in [1.54, 1.807) is 25.1 Å². The van der Waals surface area contributed by atoms with Crippen LogP contribution in [0.15, 0.2) is 18.2 Å². The number of carbonyl (C=O) groups is 1. The van der Waals surface area contributed by atoms with Crippen molar-refractivity contribution in [2.24, 2.45) is 0 Å². The van der Waals surface area contributed by atoms with E-state index < -0.39 is 12.1 Å². The Hall–Kier alpha value is -0.970. The van der Waals surface area contributed by atoms with Gasteiger partial charge in [-0.3, -0.25) is 0 Å². The van der Waals surface area contributed by atoms with E-state index in [2.05, 4.69) is 0 Å². The standard InChI is InChI=1S/C12H14Cl2O4/c1-2-17-11(12(15)16)5-6-18-10-4-3-8(13)7-9(10)14/h3-4,7,11H,2,5-6H2,1H3,(H,15,16). The van der Waals surface area contributed by atoms with Crippen molar-refractivity contribution in [2.75, 3.05) is 13.2 Å². The largest absolute Gasteiger partial charge is 0.492 e. The Kier molecular flexibility index (Phi) is 6.25. The average Bonchev–Trinajstić information content (AvgIpc) is 2.30. The molecule has 0 amide bonds. The Balaban J connectivity index is 2.47. The van der Waals surface area contributed by atoms with Crippen molar-refractivity contribution < 1.29 is 19.4 Å². The van der Waals surface area contributed by atoms with Gasteiger partial charge in [0.1, 0.15) is 5.75 Å². The summed E-state index contributed by atoms with van der Waals surface area (Å²) < 4.78 is 10.4. The summed E-state index contributed by atoms with van der Waals surface area (Å²) in [6.07, 6.45) is -0.608. The van der Waals surface area contributed by atoms with E-state index in [-0.39, 0.29) is 13.0 Å². The molecule has 1 aromatic carbocycles. The second-order valence-corrected chi connectivity index (χ2v) is 4.34. The Morgan fingerprint density at radius 2 is 2.17 bits per heavy atom. The van der Waals surface area contributed by atoms with Crippen LogP contribution in [0.2, 0.25) is 10.0 Å². The second kappa shape index (κ2) is 7.46. The Morgan fingerprint density at radius 3 is 2.72 bits per heavy atom. The van der Waals surface area contributed by atoms with Crippen LogP contribution in [0, 0.1) is 0 Å². The number of aliphatic carboxylic acids is 1. The predicted octanol–water partition coefficient (Wildman–Crippen LogP) is 3.25. The molecule has 0 aliphatic carbocycles. The molecule has 0 saturated heterocycles. The van der Waals surface area contributed by atoms with Gasteiger partial charge >= 0.3 is 5.97 Å². The van der Waals surface area contributed by atoms with Crippen LogP contribution < -0.4 is 4.74 Å². The van der Waals surface area contributed by atoms with Crippen LogP contribution in [0.1, 0.15) is 13.3 Å². The number of halogens is 2. The van der Waals surface area contributed by atoms with Crippen LogP contribution in [-0.4, -0.2) is 30.4 Å². The molecular weight excluding hydrogens is 279 g/mol. The third kappa shape index (κ3) is 4.72. The smallest absolute Gasteiger partial charge is 0.332 e. The average molecular weight is 293 g/mol. The maximum absolute atomic E-state index is 10.8. The zero-order valence-corrected chi connectivity index (χ0v) is 11.4. The molecule has 0 radical (unpaired) electrons. The molecule has 0 fully saturated rings. The molecular formula is C12H14Cl2O4. The number of benzene rings is 1. The summed E-state index contributed by atoms with van der Waals surface area (Å²) in [6.45, 7) is 2.30. The van der Waals surface area contributed by atoms with E-state index in [1.165, 1.54) is 0 Å². The molecule has 1 aromatic rings. The van der Waals surface area contributed by atoms with Gasteiger partial charge in [0.15, 0.2) is 6.10 Å². The number of ether oxygens (including phenoxy) is 2. The number of hydrogen-bond donors (Lipinski definition) is 1. The molecule has 0 bridgehead atoms. The van der Waals surface area contributed by atoms with Gasteiger partial charge in [-0.05, 0) is 25.1 Å². The quantitative estimate of drug-likeness (QED) is 0.838. The van der Waals surface area contributed by atoms with Crippen molar-refractivity contribution in [1.82, 2.24) is 0 Å². The first kappa shape index (κ1) is 15.1. The summed E-state index contributed by atoms with van der Waals surface area (Å²) in [5, 5.41) is 9.78. The number of hydrogen-bond acceptors (Lipinski definition) is 3.